The first-order valence-corrected chi connectivity index (χ1v) is 13.8. The van der Waals surface area contributed by atoms with E-state index in [-0.39, 0.29) is 23.3 Å². The van der Waals surface area contributed by atoms with Crippen LogP contribution in [0.3, 0.4) is 0 Å². The zero-order valence-corrected chi connectivity index (χ0v) is 21.0. The van der Waals surface area contributed by atoms with Gasteiger partial charge in [-0.2, -0.15) is 4.31 Å². The molecule has 1 aromatic carbocycles. The molecule has 2 amide bonds. The van der Waals surface area contributed by atoms with Crippen molar-refractivity contribution in [2.45, 2.75) is 44.0 Å². The highest BCUT2D eigenvalue weighted by molar-refractivity contribution is 7.89. The lowest BCUT2D eigenvalue weighted by molar-refractivity contribution is -0.123. The van der Waals surface area contributed by atoms with Gasteiger partial charge in [0.25, 0.3) is 0 Å². The molecule has 3 aliphatic rings. The highest BCUT2D eigenvalue weighted by atomic mass is 32.2. The quantitative estimate of drug-likeness (QED) is 0.566. The number of hydrogen-bond acceptors (Lipinski definition) is 6. The molecule has 0 spiro atoms. The van der Waals surface area contributed by atoms with E-state index in [0.717, 1.165) is 45.4 Å². The Morgan fingerprint density at radius 3 is 1.94 bits per heavy atom. The lowest BCUT2D eigenvalue weighted by Crippen LogP contribution is -2.51. The Morgan fingerprint density at radius 2 is 1.41 bits per heavy atom. The summed E-state index contributed by atoms with van der Waals surface area (Å²) in [5.41, 5.74) is 0.583. The zero-order valence-electron chi connectivity index (χ0n) is 20.2. The van der Waals surface area contributed by atoms with Gasteiger partial charge in [0.15, 0.2) is 0 Å². The molecule has 1 aromatic rings. The molecule has 0 aromatic heterocycles. The average molecular weight is 492 g/mol. The van der Waals surface area contributed by atoms with Gasteiger partial charge in [-0.3, -0.25) is 19.4 Å². The molecule has 1 aliphatic carbocycles. The van der Waals surface area contributed by atoms with Crippen LogP contribution in [0.25, 0.3) is 0 Å². The van der Waals surface area contributed by atoms with Crippen LogP contribution in [-0.2, 0) is 19.6 Å². The second-order valence-electron chi connectivity index (χ2n) is 10.2. The van der Waals surface area contributed by atoms with Crippen LogP contribution in [0.5, 0.6) is 0 Å². The topological polar surface area (TPSA) is 102 Å². The molecule has 3 fully saturated rings. The van der Waals surface area contributed by atoms with E-state index in [1.807, 2.05) is 0 Å². The van der Waals surface area contributed by atoms with E-state index in [1.165, 1.54) is 0 Å². The van der Waals surface area contributed by atoms with Gasteiger partial charge in [-0.15, -0.1) is 0 Å². The molecule has 0 unspecified atom stereocenters. The van der Waals surface area contributed by atoms with Crippen molar-refractivity contribution in [1.29, 1.82) is 0 Å². The van der Waals surface area contributed by atoms with Gasteiger partial charge in [-0.25, -0.2) is 8.42 Å². The number of piperazine rings is 1. The van der Waals surface area contributed by atoms with Crippen molar-refractivity contribution in [3.05, 3.63) is 24.3 Å². The molecule has 34 heavy (non-hydrogen) atoms. The molecule has 10 heteroatoms. The van der Waals surface area contributed by atoms with E-state index in [0.29, 0.717) is 43.2 Å². The molecular formula is C24H37N5O4S. The predicted octanol–water partition coefficient (Wildman–Crippen LogP) is 1.19. The van der Waals surface area contributed by atoms with Crippen molar-refractivity contribution in [2.75, 3.05) is 57.7 Å². The van der Waals surface area contributed by atoms with Crippen molar-refractivity contribution in [3.63, 3.8) is 0 Å². The fraction of sp³-hybridized carbons (Fsp3) is 0.667. The van der Waals surface area contributed by atoms with Gasteiger partial charge in [-0.05, 0) is 55.4 Å². The van der Waals surface area contributed by atoms with E-state index in [2.05, 4.69) is 34.3 Å². The molecule has 2 aliphatic heterocycles. The Morgan fingerprint density at radius 1 is 0.882 bits per heavy atom. The van der Waals surface area contributed by atoms with E-state index < -0.39 is 10.0 Å². The number of carbonyl (C=O) groups is 2. The van der Waals surface area contributed by atoms with Crippen LogP contribution in [0, 0.1) is 11.8 Å². The maximum atomic E-state index is 13.0. The molecule has 1 saturated carbocycles. The smallest absolute Gasteiger partial charge is 0.243 e. The number of nitrogens with zero attached hydrogens (tertiary/aromatic N) is 3. The number of rotatable bonds is 8. The molecule has 188 valence electrons. The molecular weight excluding hydrogens is 454 g/mol. The summed E-state index contributed by atoms with van der Waals surface area (Å²) >= 11 is 0. The third-order valence-electron chi connectivity index (χ3n) is 6.75. The summed E-state index contributed by atoms with van der Waals surface area (Å²) in [6, 6.07) is 6.82. The van der Waals surface area contributed by atoms with Crippen LogP contribution in [0.1, 0.15) is 33.1 Å². The minimum absolute atomic E-state index is 0.0865. The molecule has 2 saturated heterocycles. The van der Waals surface area contributed by atoms with Crippen molar-refractivity contribution in [2.24, 2.45) is 11.8 Å². The van der Waals surface area contributed by atoms with Crippen LogP contribution >= 0.6 is 0 Å². The van der Waals surface area contributed by atoms with E-state index in [1.54, 1.807) is 28.6 Å². The number of nitrogens with one attached hydrogen (secondary N) is 2. The minimum Gasteiger partial charge on any atom is -0.352 e. The number of benzene rings is 1. The molecule has 2 N–H and O–H groups in total. The zero-order chi connectivity index (χ0) is 24.3. The summed E-state index contributed by atoms with van der Waals surface area (Å²) in [5.74, 6) is 0.648. The van der Waals surface area contributed by atoms with Crippen LogP contribution in [0.4, 0.5) is 5.69 Å². The SMILES string of the molecule is C[C@@H]1C[C@@H](C)CN(S(=O)(=O)c2ccc(NC(=O)CN3CCN(CC(=O)NC4CC4)CC3)cc2)C1. The van der Waals surface area contributed by atoms with Gasteiger partial charge in [-0.1, -0.05) is 13.8 Å². The van der Waals surface area contributed by atoms with Gasteiger partial charge in [0, 0.05) is 51.0 Å². The Hall–Kier alpha value is -2.01. The number of anilines is 1. The monoisotopic (exact) mass is 491 g/mol. The van der Waals surface area contributed by atoms with Crippen LogP contribution in [-0.4, -0.2) is 92.7 Å². The standard InChI is InChI=1S/C24H37N5O4S/c1-18-13-19(2)15-29(14-18)34(32,33)22-7-5-21(6-8-22)26-24(31)17-28-11-9-27(10-12-28)16-23(30)25-20-3-4-20/h5-8,18-20H,3-4,9-17H2,1-2H3,(H,25,30)(H,26,31)/t18-,19-/m1/s1. The van der Waals surface area contributed by atoms with E-state index in [4.69, 9.17) is 0 Å². The van der Waals surface area contributed by atoms with Gasteiger partial charge >= 0.3 is 0 Å². The van der Waals surface area contributed by atoms with Crippen molar-refractivity contribution < 1.29 is 18.0 Å². The summed E-state index contributed by atoms with van der Waals surface area (Å²) in [4.78, 5) is 28.9. The Balaban J connectivity index is 1.23. The van der Waals surface area contributed by atoms with Crippen molar-refractivity contribution >= 4 is 27.5 Å². The maximum absolute atomic E-state index is 13.0. The van der Waals surface area contributed by atoms with Gasteiger partial charge < -0.3 is 10.6 Å². The summed E-state index contributed by atoms with van der Waals surface area (Å²) in [6.07, 6.45) is 3.22. The summed E-state index contributed by atoms with van der Waals surface area (Å²) in [7, 11) is -3.53. The van der Waals surface area contributed by atoms with Crippen molar-refractivity contribution in [3.8, 4) is 0 Å². The molecule has 0 radical (unpaired) electrons. The van der Waals surface area contributed by atoms with E-state index >= 15 is 0 Å². The molecule has 0 bridgehead atoms. The lowest BCUT2D eigenvalue weighted by atomic mass is 9.94. The number of sulfonamides is 1. The summed E-state index contributed by atoms with van der Waals surface area (Å²) in [5, 5.41) is 5.88. The number of carbonyl (C=O) groups excluding carboxylic acids is 2. The Bertz CT molecular complexity index is 962. The highest BCUT2D eigenvalue weighted by Gasteiger charge is 2.31. The number of piperidine rings is 1. The van der Waals surface area contributed by atoms with Gasteiger partial charge in [0.05, 0.1) is 18.0 Å². The predicted molar refractivity (Wildman–Crippen MR) is 131 cm³/mol. The first-order valence-electron chi connectivity index (χ1n) is 12.3. The summed E-state index contributed by atoms with van der Waals surface area (Å²) in [6.45, 7) is 8.92. The molecule has 2 heterocycles. The van der Waals surface area contributed by atoms with Crippen LogP contribution in [0.2, 0.25) is 0 Å². The summed E-state index contributed by atoms with van der Waals surface area (Å²) < 4.78 is 27.6. The highest BCUT2D eigenvalue weighted by Crippen LogP contribution is 2.27. The molecule has 9 nitrogen and oxygen atoms in total. The largest absolute Gasteiger partial charge is 0.352 e. The minimum atomic E-state index is -3.53. The van der Waals surface area contributed by atoms with Crippen LogP contribution in [0.15, 0.2) is 29.2 Å². The lowest BCUT2D eigenvalue weighted by Gasteiger charge is -2.34. The van der Waals surface area contributed by atoms with Crippen LogP contribution < -0.4 is 10.6 Å². The first kappa shape index (κ1) is 25.1. The molecule has 2 atom stereocenters. The number of amides is 2. The maximum Gasteiger partial charge on any atom is 0.243 e. The second kappa shape index (κ2) is 10.7. The second-order valence-corrected chi connectivity index (χ2v) is 12.2. The third-order valence-corrected chi connectivity index (χ3v) is 8.60. The number of hydrogen-bond donors (Lipinski definition) is 2. The molecule has 4 rings (SSSR count). The van der Waals surface area contributed by atoms with Crippen molar-refractivity contribution in [1.82, 2.24) is 19.4 Å². The fourth-order valence-corrected chi connectivity index (χ4v) is 6.55. The Labute approximate surface area is 202 Å². The third kappa shape index (κ3) is 6.78. The normalized spacial score (nSPS) is 25.1. The van der Waals surface area contributed by atoms with E-state index in [9.17, 15) is 18.0 Å². The average Bonchev–Trinajstić information content (AvgIpc) is 3.58. The fourth-order valence-electron chi connectivity index (χ4n) is 4.87. The Kier molecular flexibility index (Phi) is 7.91. The first-order chi connectivity index (χ1) is 16.2. The van der Waals surface area contributed by atoms with Gasteiger partial charge in [0.2, 0.25) is 21.8 Å². The van der Waals surface area contributed by atoms with Gasteiger partial charge in [0.1, 0.15) is 0 Å².